The average molecular weight is 321 g/mol. The Bertz CT molecular complexity index is 571. The summed E-state index contributed by atoms with van der Waals surface area (Å²) in [5, 5.41) is 5.76. The molecule has 0 saturated heterocycles. The van der Waals surface area contributed by atoms with E-state index in [9.17, 15) is 0 Å². The Labute approximate surface area is 135 Å². The summed E-state index contributed by atoms with van der Waals surface area (Å²) in [6, 6.07) is 6.88. The van der Waals surface area contributed by atoms with Gasteiger partial charge < -0.3 is 5.32 Å². The predicted octanol–water partition coefficient (Wildman–Crippen LogP) is 4.11. The number of rotatable bonds is 6. The molecule has 114 valence electrons. The van der Waals surface area contributed by atoms with Crippen molar-refractivity contribution in [3.05, 3.63) is 43.8 Å². The van der Waals surface area contributed by atoms with E-state index in [1.807, 2.05) is 22.7 Å². The van der Waals surface area contributed by atoms with Gasteiger partial charge in [-0.3, -0.25) is 4.90 Å². The minimum absolute atomic E-state index is 0.720. The van der Waals surface area contributed by atoms with Gasteiger partial charge in [0, 0.05) is 40.8 Å². The van der Waals surface area contributed by atoms with Crippen LogP contribution in [-0.4, -0.2) is 18.0 Å². The number of fused-ring (bicyclic) bond motifs is 1. The van der Waals surface area contributed by atoms with Crippen molar-refractivity contribution in [3.8, 4) is 0 Å². The molecule has 2 aromatic rings. The summed E-state index contributed by atoms with van der Waals surface area (Å²) < 4.78 is 0. The Morgan fingerprint density at radius 3 is 2.95 bits per heavy atom. The topological polar surface area (TPSA) is 15.3 Å². The molecule has 0 spiro atoms. The maximum atomic E-state index is 3.53. The lowest BCUT2D eigenvalue weighted by molar-refractivity contribution is 0.249. The van der Waals surface area contributed by atoms with Gasteiger partial charge in [-0.05, 0) is 48.0 Å². The zero-order valence-corrected chi connectivity index (χ0v) is 14.5. The molecule has 0 fully saturated rings. The lowest BCUT2D eigenvalue weighted by Crippen LogP contribution is -2.28. The monoisotopic (exact) mass is 320 g/mol. The number of hydrogen-bond acceptors (Lipinski definition) is 4. The summed E-state index contributed by atoms with van der Waals surface area (Å²) in [5.74, 6) is 0.720. The summed E-state index contributed by atoms with van der Waals surface area (Å²) in [6.45, 7) is 10.0. The molecule has 21 heavy (non-hydrogen) atoms. The number of hydrogen-bond donors (Lipinski definition) is 1. The molecular formula is C17H24N2S2. The second kappa shape index (κ2) is 7.05. The summed E-state index contributed by atoms with van der Waals surface area (Å²) in [7, 11) is 0. The van der Waals surface area contributed by atoms with Crippen LogP contribution in [0.2, 0.25) is 0 Å². The first-order valence-corrected chi connectivity index (χ1v) is 9.46. The van der Waals surface area contributed by atoms with Crippen LogP contribution in [0, 0.1) is 5.92 Å². The van der Waals surface area contributed by atoms with E-state index in [1.54, 1.807) is 10.4 Å². The van der Waals surface area contributed by atoms with Crippen molar-refractivity contribution in [2.24, 2.45) is 5.92 Å². The molecule has 4 heteroatoms. The first-order chi connectivity index (χ1) is 10.2. The first-order valence-electron chi connectivity index (χ1n) is 7.76. The quantitative estimate of drug-likeness (QED) is 0.861. The minimum atomic E-state index is 0.720. The third kappa shape index (κ3) is 4.16. The summed E-state index contributed by atoms with van der Waals surface area (Å²) in [4.78, 5) is 7.12. The molecule has 0 saturated carbocycles. The molecule has 2 nitrogen and oxygen atoms in total. The van der Waals surface area contributed by atoms with Gasteiger partial charge in [-0.2, -0.15) is 0 Å². The van der Waals surface area contributed by atoms with Crippen molar-refractivity contribution in [3.63, 3.8) is 0 Å². The van der Waals surface area contributed by atoms with Crippen molar-refractivity contribution >= 4 is 22.7 Å². The van der Waals surface area contributed by atoms with E-state index in [1.165, 1.54) is 22.7 Å². The fourth-order valence-corrected chi connectivity index (χ4v) is 4.67. The molecule has 2 aromatic heterocycles. The molecule has 1 aliphatic rings. The van der Waals surface area contributed by atoms with Crippen LogP contribution < -0.4 is 5.32 Å². The van der Waals surface area contributed by atoms with Crippen molar-refractivity contribution in [1.82, 2.24) is 10.2 Å². The molecule has 0 aromatic carbocycles. The Morgan fingerprint density at radius 2 is 2.10 bits per heavy atom. The molecule has 0 radical (unpaired) electrons. The van der Waals surface area contributed by atoms with Crippen LogP contribution in [0.1, 0.15) is 34.0 Å². The molecule has 0 atom stereocenters. The molecule has 1 N–H and O–H groups in total. The molecule has 0 amide bonds. The number of nitrogens with one attached hydrogen (secondary N) is 1. The summed E-state index contributed by atoms with van der Waals surface area (Å²) in [6.07, 6.45) is 1.22. The smallest absolute Gasteiger partial charge is 0.0331 e. The van der Waals surface area contributed by atoms with E-state index < -0.39 is 0 Å². The number of nitrogens with zero attached hydrogens (tertiary/aromatic N) is 1. The van der Waals surface area contributed by atoms with E-state index in [-0.39, 0.29) is 0 Å². The fraction of sp³-hybridized carbons (Fsp3) is 0.529. The highest BCUT2D eigenvalue weighted by Crippen LogP contribution is 2.26. The molecular weight excluding hydrogens is 296 g/mol. The van der Waals surface area contributed by atoms with Gasteiger partial charge >= 0.3 is 0 Å². The van der Waals surface area contributed by atoms with Crippen LogP contribution >= 0.6 is 22.7 Å². The Morgan fingerprint density at radius 1 is 1.24 bits per heavy atom. The fourth-order valence-electron chi connectivity index (χ4n) is 2.75. The van der Waals surface area contributed by atoms with Gasteiger partial charge in [0.15, 0.2) is 0 Å². The summed E-state index contributed by atoms with van der Waals surface area (Å²) in [5.41, 5.74) is 1.54. The Balaban J connectivity index is 1.51. The molecule has 3 heterocycles. The van der Waals surface area contributed by atoms with E-state index in [0.29, 0.717) is 0 Å². The lowest BCUT2D eigenvalue weighted by atomic mass is 10.1. The average Bonchev–Trinajstić information content (AvgIpc) is 3.07. The largest absolute Gasteiger partial charge is 0.312 e. The van der Waals surface area contributed by atoms with Gasteiger partial charge in [-0.15, -0.1) is 22.7 Å². The van der Waals surface area contributed by atoms with Gasteiger partial charge in [0.05, 0.1) is 0 Å². The predicted molar refractivity (Wildman–Crippen MR) is 93.0 cm³/mol. The van der Waals surface area contributed by atoms with Crippen LogP contribution in [0.5, 0.6) is 0 Å². The van der Waals surface area contributed by atoms with Crippen molar-refractivity contribution in [2.45, 2.75) is 39.9 Å². The van der Waals surface area contributed by atoms with E-state index >= 15 is 0 Å². The molecule has 3 rings (SSSR count). The minimum Gasteiger partial charge on any atom is -0.312 e. The third-order valence-corrected chi connectivity index (χ3v) is 5.93. The van der Waals surface area contributed by atoms with Crippen molar-refractivity contribution < 1.29 is 0 Å². The molecule has 0 unspecified atom stereocenters. The zero-order chi connectivity index (χ0) is 14.7. The van der Waals surface area contributed by atoms with Crippen molar-refractivity contribution in [2.75, 3.05) is 13.1 Å². The van der Waals surface area contributed by atoms with Gasteiger partial charge in [-0.1, -0.05) is 13.8 Å². The zero-order valence-electron chi connectivity index (χ0n) is 12.9. The van der Waals surface area contributed by atoms with Crippen LogP contribution in [0.3, 0.4) is 0 Å². The van der Waals surface area contributed by atoms with Crippen LogP contribution in [-0.2, 0) is 26.1 Å². The van der Waals surface area contributed by atoms with Crippen LogP contribution in [0.25, 0.3) is 0 Å². The van der Waals surface area contributed by atoms with Gasteiger partial charge in [0.1, 0.15) is 0 Å². The maximum Gasteiger partial charge on any atom is 0.0331 e. The highest BCUT2D eigenvalue weighted by molar-refractivity contribution is 7.12. The lowest BCUT2D eigenvalue weighted by Gasteiger charge is -2.26. The highest BCUT2D eigenvalue weighted by Gasteiger charge is 2.17. The van der Waals surface area contributed by atoms with Gasteiger partial charge in [0.2, 0.25) is 0 Å². The second-order valence-electron chi connectivity index (χ2n) is 6.22. The van der Waals surface area contributed by atoms with Gasteiger partial charge in [-0.25, -0.2) is 0 Å². The Hall–Kier alpha value is -0.680. The normalized spacial score (nSPS) is 15.6. The second-order valence-corrected chi connectivity index (χ2v) is 8.48. The first kappa shape index (κ1) is 15.2. The van der Waals surface area contributed by atoms with E-state index in [4.69, 9.17) is 0 Å². The molecule has 0 bridgehead atoms. The SMILES string of the molecule is CC(C)CNCc1ccc(CN2CCc3sccc3C2)s1. The maximum absolute atomic E-state index is 3.53. The van der Waals surface area contributed by atoms with Crippen LogP contribution in [0.4, 0.5) is 0 Å². The standard InChI is InChI=1S/C17H24N2S2/c1-13(2)9-18-10-15-3-4-16(21-15)12-19-7-5-17-14(11-19)6-8-20-17/h3-4,6,8,13,18H,5,7,9-12H2,1-2H3. The number of thiophene rings is 2. The highest BCUT2D eigenvalue weighted by atomic mass is 32.1. The van der Waals surface area contributed by atoms with E-state index in [2.05, 4.69) is 47.6 Å². The van der Waals surface area contributed by atoms with Crippen LogP contribution in [0.15, 0.2) is 23.6 Å². The Kier molecular flexibility index (Phi) is 5.11. The van der Waals surface area contributed by atoms with E-state index in [0.717, 1.165) is 32.1 Å². The molecule has 0 aliphatic carbocycles. The summed E-state index contributed by atoms with van der Waals surface area (Å²) >= 11 is 3.88. The molecule has 1 aliphatic heterocycles. The third-order valence-electron chi connectivity index (χ3n) is 3.84. The van der Waals surface area contributed by atoms with Crippen molar-refractivity contribution in [1.29, 1.82) is 0 Å². The van der Waals surface area contributed by atoms with Gasteiger partial charge in [0.25, 0.3) is 0 Å².